The Labute approximate surface area is 124 Å². The molecule has 1 aromatic rings. The van der Waals surface area contributed by atoms with Crippen molar-refractivity contribution < 1.29 is 0 Å². The number of hydrogen-bond donors (Lipinski definition) is 1. The fourth-order valence-corrected chi connectivity index (χ4v) is 4.48. The Bertz CT molecular complexity index is 446. The molecule has 2 aliphatic carbocycles. The smallest absolute Gasteiger partial charge is 0.0242 e. The van der Waals surface area contributed by atoms with Crippen LogP contribution in [-0.4, -0.2) is 24.5 Å². The van der Waals surface area contributed by atoms with Gasteiger partial charge in [0.05, 0.1) is 0 Å². The first-order valence-electron chi connectivity index (χ1n) is 7.32. The van der Waals surface area contributed by atoms with Crippen LogP contribution in [0.2, 0.25) is 0 Å². The SMILES string of the molecule is CN(Cc1ccccc1Br)CC1C2CCC(C2)C1N. The number of fused-ring (bicyclic) bond motifs is 2. The zero-order chi connectivity index (χ0) is 13.4. The number of nitrogens with two attached hydrogens (primary N) is 1. The number of halogens is 1. The maximum Gasteiger partial charge on any atom is 0.0242 e. The van der Waals surface area contributed by atoms with Crippen LogP contribution in [0.25, 0.3) is 0 Å². The van der Waals surface area contributed by atoms with Gasteiger partial charge in [-0.3, -0.25) is 0 Å². The van der Waals surface area contributed by atoms with E-state index in [0.29, 0.717) is 12.0 Å². The van der Waals surface area contributed by atoms with Gasteiger partial charge in [-0.05, 0) is 55.7 Å². The van der Waals surface area contributed by atoms with Crippen LogP contribution in [0.15, 0.2) is 28.7 Å². The zero-order valence-electron chi connectivity index (χ0n) is 11.6. The number of nitrogens with zero attached hydrogens (tertiary/aromatic N) is 1. The predicted octanol–water partition coefficient (Wildman–Crippen LogP) is 3.25. The van der Waals surface area contributed by atoms with Crippen molar-refractivity contribution in [3.63, 3.8) is 0 Å². The Kier molecular flexibility index (Phi) is 3.97. The van der Waals surface area contributed by atoms with E-state index in [0.717, 1.165) is 24.9 Å². The van der Waals surface area contributed by atoms with Gasteiger partial charge in [-0.25, -0.2) is 0 Å². The van der Waals surface area contributed by atoms with Crippen molar-refractivity contribution in [2.75, 3.05) is 13.6 Å². The predicted molar refractivity (Wildman–Crippen MR) is 82.8 cm³/mol. The molecule has 0 aromatic heterocycles. The minimum Gasteiger partial charge on any atom is -0.327 e. The van der Waals surface area contributed by atoms with E-state index in [1.54, 1.807) is 0 Å². The summed E-state index contributed by atoms with van der Waals surface area (Å²) in [7, 11) is 2.22. The maximum absolute atomic E-state index is 6.40. The molecule has 0 heterocycles. The van der Waals surface area contributed by atoms with E-state index in [2.05, 4.69) is 52.1 Å². The van der Waals surface area contributed by atoms with Gasteiger partial charge in [0.1, 0.15) is 0 Å². The van der Waals surface area contributed by atoms with Crippen LogP contribution >= 0.6 is 15.9 Å². The van der Waals surface area contributed by atoms with E-state index < -0.39 is 0 Å². The van der Waals surface area contributed by atoms with Gasteiger partial charge in [-0.2, -0.15) is 0 Å². The van der Waals surface area contributed by atoms with E-state index in [9.17, 15) is 0 Å². The zero-order valence-corrected chi connectivity index (χ0v) is 13.1. The van der Waals surface area contributed by atoms with Crippen LogP contribution in [0.4, 0.5) is 0 Å². The summed E-state index contributed by atoms with van der Waals surface area (Å²) in [6.07, 6.45) is 4.16. The van der Waals surface area contributed by atoms with E-state index in [-0.39, 0.29) is 0 Å². The second-order valence-corrected chi connectivity index (χ2v) is 7.22. The van der Waals surface area contributed by atoms with Crippen LogP contribution in [-0.2, 0) is 6.54 Å². The standard InChI is InChI=1S/C16H23BrN2/c1-19(9-13-4-2-3-5-15(13)17)10-14-11-6-7-12(8-11)16(14)18/h2-5,11-12,14,16H,6-10,18H2,1H3. The molecule has 2 N–H and O–H groups in total. The molecule has 4 unspecified atom stereocenters. The highest BCUT2D eigenvalue weighted by Crippen LogP contribution is 2.47. The normalized spacial score (nSPS) is 33.3. The van der Waals surface area contributed by atoms with Gasteiger partial charge < -0.3 is 10.6 Å². The molecule has 1 aromatic carbocycles. The highest BCUT2D eigenvalue weighted by atomic mass is 79.9. The molecule has 2 saturated carbocycles. The van der Waals surface area contributed by atoms with Crippen molar-refractivity contribution in [3.05, 3.63) is 34.3 Å². The summed E-state index contributed by atoms with van der Waals surface area (Å²) < 4.78 is 1.21. The molecule has 3 heteroatoms. The van der Waals surface area contributed by atoms with Gasteiger partial charge in [0.15, 0.2) is 0 Å². The highest BCUT2D eigenvalue weighted by molar-refractivity contribution is 9.10. The lowest BCUT2D eigenvalue weighted by Crippen LogP contribution is -2.41. The molecule has 2 fully saturated rings. The Morgan fingerprint density at radius 1 is 1.26 bits per heavy atom. The molecule has 0 saturated heterocycles. The van der Waals surface area contributed by atoms with Crippen LogP contribution in [0.1, 0.15) is 24.8 Å². The lowest BCUT2D eigenvalue weighted by atomic mass is 9.84. The molecule has 0 radical (unpaired) electrons. The van der Waals surface area contributed by atoms with Crippen LogP contribution < -0.4 is 5.73 Å². The van der Waals surface area contributed by atoms with E-state index >= 15 is 0 Å². The first-order chi connectivity index (χ1) is 9.15. The molecule has 2 nitrogen and oxygen atoms in total. The quantitative estimate of drug-likeness (QED) is 0.922. The Morgan fingerprint density at radius 2 is 2.00 bits per heavy atom. The molecule has 2 bridgehead atoms. The van der Waals surface area contributed by atoms with Crippen LogP contribution in [0, 0.1) is 17.8 Å². The summed E-state index contributed by atoms with van der Waals surface area (Å²) in [6.45, 7) is 2.14. The fourth-order valence-electron chi connectivity index (χ4n) is 4.07. The summed E-state index contributed by atoms with van der Waals surface area (Å²) in [5.74, 6) is 2.42. The summed E-state index contributed by atoms with van der Waals surface area (Å²) in [5.41, 5.74) is 7.76. The Hall–Kier alpha value is -0.380. The van der Waals surface area contributed by atoms with Crippen molar-refractivity contribution >= 4 is 15.9 Å². The largest absolute Gasteiger partial charge is 0.327 e. The molecule has 3 rings (SSSR count). The molecular formula is C16H23BrN2. The minimum atomic E-state index is 0.445. The van der Waals surface area contributed by atoms with Gasteiger partial charge >= 0.3 is 0 Å². The third-order valence-corrected chi connectivity index (χ3v) is 5.85. The van der Waals surface area contributed by atoms with Crippen molar-refractivity contribution in [1.82, 2.24) is 4.90 Å². The van der Waals surface area contributed by atoms with Gasteiger partial charge in [-0.1, -0.05) is 34.1 Å². The topological polar surface area (TPSA) is 29.3 Å². The average Bonchev–Trinajstić information content (AvgIpc) is 2.96. The van der Waals surface area contributed by atoms with Gasteiger partial charge in [-0.15, -0.1) is 0 Å². The maximum atomic E-state index is 6.40. The van der Waals surface area contributed by atoms with Gasteiger partial charge in [0, 0.05) is 23.6 Å². The van der Waals surface area contributed by atoms with Crippen LogP contribution in [0.5, 0.6) is 0 Å². The second-order valence-electron chi connectivity index (χ2n) is 6.36. The van der Waals surface area contributed by atoms with Crippen LogP contribution in [0.3, 0.4) is 0 Å². The van der Waals surface area contributed by atoms with Crippen molar-refractivity contribution in [2.45, 2.75) is 31.8 Å². The summed E-state index contributed by atoms with van der Waals surface area (Å²) in [6, 6.07) is 8.94. The molecule has 0 spiro atoms. The molecule has 0 amide bonds. The first-order valence-corrected chi connectivity index (χ1v) is 8.12. The van der Waals surface area contributed by atoms with Gasteiger partial charge in [0.25, 0.3) is 0 Å². The van der Waals surface area contributed by atoms with Crippen molar-refractivity contribution in [1.29, 1.82) is 0 Å². The third kappa shape index (κ3) is 2.74. The summed E-state index contributed by atoms with van der Waals surface area (Å²) >= 11 is 3.63. The Morgan fingerprint density at radius 3 is 2.68 bits per heavy atom. The number of hydrogen-bond acceptors (Lipinski definition) is 2. The van der Waals surface area contributed by atoms with E-state index in [4.69, 9.17) is 5.73 Å². The molecule has 4 atom stereocenters. The van der Waals surface area contributed by atoms with E-state index in [1.165, 1.54) is 29.3 Å². The first kappa shape index (κ1) is 13.6. The summed E-state index contributed by atoms with van der Waals surface area (Å²) in [4.78, 5) is 2.44. The number of rotatable bonds is 4. The summed E-state index contributed by atoms with van der Waals surface area (Å²) in [5, 5.41) is 0. The lowest BCUT2D eigenvalue weighted by molar-refractivity contribution is 0.194. The highest BCUT2D eigenvalue weighted by Gasteiger charge is 2.45. The van der Waals surface area contributed by atoms with Gasteiger partial charge in [0.2, 0.25) is 0 Å². The lowest BCUT2D eigenvalue weighted by Gasteiger charge is -2.31. The monoisotopic (exact) mass is 322 g/mol. The van der Waals surface area contributed by atoms with E-state index in [1.807, 2.05) is 0 Å². The molecule has 104 valence electrons. The van der Waals surface area contributed by atoms with Crippen molar-refractivity contribution in [3.8, 4) is 0 Å². The molecule has 0 aliphatic heterocycles. The molecular weight excluding hydrogens is 300 g/mol. The fraction of sp³-hybridized carbons (Fsp3) is 0.625. The van der Waals surface area contributed by atoms with Crippen molar-refractivity contribution in [2.24, 2.45) is 23.5 Å². The third-order valence-electron chi connectivity index (χ3n) is 5.08. The molecule has 2 aliphatic rings. The average molecular weight is 323 g/mol. The molecule has 19 heavy (non-hydrogen) atoms. The minimum absolute atomic E-state index is 0.445. The second kappa shape index (κ2) is 5.55. The number of benzene rings is 1. The Balaban J connectivity index is 1.60.